The molecule has 3 N–H and O–H groups in total. The minimum atomic E-state index is -0.937. The molecule has 1 aliphatic heterocycles. The Bertz CT molecular complexity index is 1240. The van der Waals surface area contributed by atoms with E-state index in [1.807, 2.05) is 30.0 Å². The maximum absolute atomic E-state index is 10.8. The van der Waals surface area contributed by atoms with Gasteiger partial charge in [0.05, 0.1) is 23.5 Å². The van der Waals surface area contributed by atoms with Crippen molar-refractivity contribution in [3.05, 3.63) is 48.1 Å². The molecule has 2 aliphatic carbocycles. The maximum atomic E-state index is 10.8. The van der Waals surface area contributed by atoms with Crippen LogP contribution in [0.4, 0.5) is 0 Å². The van der Waals surface area contributed by atoms with Gasteiger partial charge in [-0.2, -0.15) is 11.8 Å². The van der Waals surface area contributed by atoms with E-state index in [0.717, 1.165) is 73.3 Å². The van der Waals surface area contributed by atoms with Gasteiger partial charge < -0.3 is 29.6 Å². The summed E-state index contributed by atoms with van der Waals surface area (Å²) in [6.45, 7) is 7.02. The van der Waals surface area contributed by atoms with E-state index in [4.69, 9.17) is 14.3 Å². The van der Waals surface area contributed by atoms with E-state index in [0.29, 0.717) is 13.0 Å². The average Bonchev–Trinajstić information content (AvgIpc) is 3.15. The molecule has 52 heavy (non-hydrogen) atoms. The SMILES string of the molecule is C=CCO[C@@]12Oc3ccc(O)cc3[C@H]3[C@H](CCCCO)[C@@H](CCCCO)C=C(C(=NOC)C[C@@H]1SCCCCCCCCCCCCCCCC)[C@H]32. The number of aliphatic hydroxyl groups is 2. The van der Waals surface area contributed by atoms with Gasteiger partial charge in [-0.1, -0.05) is 121 Å². The highest BCUT2D eigenvalue weighted by Crippen LogP contribution is 2.62. The van der Waals surface area contributed by atoms with Crippen molar-refractivity contribution in [2.75, 3.05) is 32.7 Å². The fraction of sp³-hybridized carbons (Fsp3) is 0.750. The van der Waals surface area contributed by atoms with Gasteiger partial charge in [-0.3, -0.25) is 0 Å². The summed E-state index contributed by atoms with van der Waals surface area (Å²) >= 11 is 1.94. The zero-order valence-electron chi connectivity index (χ0n) is 32.6. The van der Waals surface area contributed by atoms with E-state index in [1.165, 1.54) is 83.5 Å². The van der Waals surface area contributed by atoms with Crippen LogP contribution in [-0.2, 0) is 9.57 Å². The van der Waals surface area contributed by atoms with Gasteiger partial charge in [-0.25, -0.2) is 0 Å². The van der Waals surface area contributed by atoms with Crippen LogP contribution in [0.1, 0.15) is 153 Å². The lowest BCUT2D eigenvalue weighted by atomic mass is 9.56. The van der Waals surface area contributed by atoms with Crippen LogP contribution in [0.15, 0.2) is 47.7 Å². The van der Waals surface area contributed by atoms with Gasteiger partial charge in [0.25, 0.3) is 0 Å². The number of phenolic OH excluding ortho intramolecular Hbond substituents is 1. The fourth-order valence-electron chi connectivity index (χ4n) is 9.12. The van der Waals surface area contributed by atoms with Crippen LogP contribution >= 0.6 is 11.8 Å². The molecule has 3 aliphatic rings. The lowest BCUT2D eigenvalue weighted by Gasteiger charge is -2.58. The Morgan fingerprint density at radius 1 is 0.885 bits per heavy atom. The number of hydrogen-bond donors (Lipinski definition) is 3. The Morgan fingerprint density at radius 3 is 2.13 bits per heavy atom. The third-order valence-electron chi connectivity index (χ3n) is 11.7. The number of rotatable bonds is 28. The zero-order valence-corrected chi connectivity index (χ0v) is 33.4. The van der Waals surface area contributed by atoms with Gasteiger partial charge in [-0.05, 0) is 73.5 Å². The molecule has 1 heterocycles. The highest BCUT2D eigenvalue weighted by molar-refractivity contribution is 8.00. The Morgan fingerprint density at radius 2 is 1.52 bits per heavy atom. The highest BCUT2D eigenvalue weighted by atomic mass is 32.2. The topological polar surface area (TPSA) is 101 Å². The molecule has 1 saturated carbocycles. The fourth-order valence-corrected chi connectivity index (χ4v) is 10.5. The van der Waals surface area contributed by atoms with Gasteiger partial charge in [0, 0.05) is 31.1 Å². The van der Waals surface area contributed by atoms with Crippen molar-refractivity contribution in [3.8, 4) is 11.5 Å². The molecule has 0 radical (unpaired) electrons. The molecule has 4 rings (SSSR count). The Balaban J connectivity index is 1.50. The number of allylic oxidation sites excluding steroid dienone is 1. The average molecular weight is 742 g/mol. The maximum Gasteiger partial charge on any atom is 0.230 e. The van der Waals surface area contributed by atoms with Gasteiger partial charge in [0.2, 0.25) is 5.79 Å². The Hall–Kier alpha value is -2.00. The molecule has 0 aromatic heterocycles. The summed E-state index contributed by atoms with van der Waals surface area (Å²) in [4.78, 5) is 5.51. The van der Waals surface area contributed by atoms with Crippen LogP contribution in [0.25, 0.3) is 0 Å². The third-order valence-corrected chi connectivity index (χ3v) is 13.1. The van der Waals surface area contributed by atoms with Gasteiger partial charge in [0.1, 0.15) is 18.6 Å². The number of ether oxygens (including phenoxy) is 2. The first kappa shape index (κ1) is 42.7. The molecule has 294 valence electrons. The quantitative estimate of drug-likeness (QED) is 0.0446. The van der Waals surface area contributed by atoms with E-state index < -0.39 is 5.79 Å². The number of benzene rings is 1. The van der Waals surface area contributed by atoms with Gasteiger partial charge >= 0.3 is 0 Å². The molecule has 6 atom stereocenters. The van der Waals surface area contributed by atoms with Crippen LogP contribution in [0.2, 0.25) is 0 Å². The monoisotopic (exact) mass is 742 g/mol. The van der Waals surface area contributed by atoms with E-state index >= 15 is 0 Å². The van der Waals surface area contributed by atoms with E-state index in [1.54, 1.807) is 13.2 Å². The van der Waals surface area contributed by atoms with Crippen LogP contribution in [0.5, 0.6) is 11.5 Å². The number of oxime groups is 1. The van der Waals surface area contributed by atoms with Crippen LogP contribution in [0.3, 0.4) is 0 Å². The van der Waals surface area contributed by atoms with E-state index in [9.17, 15) is 15.3 Å². The van der Waals surface area contributed by atoms with Crippen LogP contribution in [-0.4, -0.2) is 64.8 Å². The molecular formula is C44H71NO6S. The van der Waals surface area contributed by atoms with E-state index in [-0.39, 0.29) is 47.9 Å². The summed E-state index contributed by atoms with van der Waals surface area (Å²) in [5, 5.41) is 34.8. The normalized spacial score (nSPS) is 25.7. The molecular weight excluding hydrogens is 671 g/mol. The second kappa shape index (κ2) is 23.7. The molecule has 0 saturated heterocycles. The smallest absolute Gasteiger partial charge is 0.230 e. The van der Waals surface area contributed by atoms with Crippen molar-refractivity contribution in [2.24, 2.45) is 22.9 Å². The number of hydrogen-bond acceptors (Lipinski definition) is 8. The van der Waals surface area contributed by atoms with Crippen molar-refractivity contribution in [3.63, 3.8) is 0 Å². The molecule has 0 bridgehead atoms. The molecule has 0 unspecified atom stereocenters. The van der Waals surface area contributed by atoms with Gasteiger partial charge in [-0.15, -0.1) is 6.58 Å². The summed E-state index contributed by atoms with van der Waals surface area (Å²) in [7, 11) is 1.63. The molecule has 1 fully saturated rings. The zero-order chi connectivity index (χ0) is 37.0. The Kier molecular flexibility index (Phi) is 19.5. The molecule has 1 aromatic rings. The second-order valence-electron chi connectivity index (χ2n) is 15.4. The molecule has 0 spiro atoms. The first-order chi connectivity index (χ1) is 25.5. The van der Waals surface area contributed by atoms with Crippen LogP contribution in [0, 0.1) is 17.8 Å². The van der Waals surface area contributed by atoms with Crippen molar-refractivity contribution in [1.29, 1.82) is 0 Å². The number of fused-ring (bicyclic) bond motifs is 2. The Labute approximate surface area is 320 Å². The van der Waals surface area contributed by atoms with Crippen molar-refractivity contribution >= 4 is 17.5 Å². The third kappa shape index (κ3) is 11.7. The number of nitrogens with zero attached hydrogens (tertiary/aromatic N) is 1. The van der Waals surface area contributed by atoms with E-state index in [2.05, 4.69) is 24.7 Å². The largest absolute Gasteiger partial charge is 0.508 e. The minimum Gasteiger partial charge on any atom is -0.508 e. The number of aliphatic hydroxyl groups excluding tert-OH is 2. The number of aromatic hydroxyl groups is 1. The predicted octanol–water partition coefficient (Wildman–Crippen LogP) is 10.9. The summed E-state index contributed by atoms with van der Waals surface area (Å²) in [6.07, 6.45) is 29.0. The van der Waals surface area contributed by atoms with Gasteiger partial charge in [0.15, 0.2) is 0 Å². The number of unbranched alkanes of at least 4 members (excludes halogenated alkanes) is 15. The lowest BCUT2D eigenvalue weighted by Crippen LogP contribution is -2.64. The molecule has 8 heteroatoms. The summed E-state index contributed by atoms with van der Waals surface area (Å²) in [6, 6.07) is 5.52. The van der Waals surface area contributed by atoms with Crippen molar-refractivity contribution in [2.45, 2.75) is 159 Å². The second-order valence-corrected chi connectivity index (χ2v) is 16.7. The van der Waals surface area contributed by atoms with Crippen LogP contribution < -0.4 is 4.74 Å². The highest BCUT2D eigenvalue weighted by Gasteiger charge is 2.63. The molecule has 7 nitrogen and oxygen atoms in total. The first-order valence-corrected chi connectivity index (χ1v) is 22.0. The lowest BCUT2D eigenvalue weighted by molar-refractivity contribution is -0.223. The predicted molar refractivity (Wildman–Crippen MR) is 216 cm³/mol. The molecule has 0 amide bonds. The van der Waals surface area contributed by atoms with Crippen molar-refractivity contribution in [1.82, 2.24) is 0 Å². The standard InChI is InChI=1S/C44H71NO6S/c1-4-6-7-8-9-10-11-12-13-14-15-16-17-22-30-52-41-33-39(45-49-3)37-31-34(23-18-20-27-46)36(24-19-21-28-47)42-38-32-35(48)25-26-40(38)51-44(41,43(37)42)50-29-5-2/h5,25-26,31-32,34,36,41-43,46-48H,2,4,6-24,27-30,33H2,1,3H3/t34-,36+,41-,42+,43+,44+/m0/s1. The number of thioether (sulfide) groups is 1. The first-order valence-electron chi connectivity index (χ1n) is 21.0. The minimum absolute atomic E-state index is 0.0149. The van der Waals surface area contributed by atoms with Crippen molar-refractivity contribution < 1.29 is 29.6 Å². The summed E-state index contributed by atoms with van der Waals surface area (Å²) < 4.78 is 14.1. The summed E-state index contributed by atoms with van der Waals surface area (Å²) in [5.74, 6) is 1.45. The molecule has 1 aromatic carbocycles. The number of phenols is 1. The summed E-state index contributed by atoms with van der Waals surface area (Å²) in [5.41, 5.74) is 3.11.